The molecule has 0 atom stereocenters. The molecule has 8 heteroatoms. The molecule has 126 valence electrons. The van der Waals surface area contributed by atoms with E-state index in [1.165, 1.54) is 11.3 Å². The topological polar surface area (TPSA) is 60.7 Å². The molecule has 0 fully saturated rings. The largest absolute Gasteiger partial charge is 0.494 e. The predicted molar refractivity (Wildman–Crippen MR) is 98.2 cm³/mol. The van der Waals surface area contributed by atoms with Crippen molar-refractivity contribution in [1.29, 1.82) is 0 Å². The van der Waals surface area contributed by atoms with E-state index in [0.717, 1.165) is 27.3 Å². The molecule has 2 aromatic heterocycles. The number of hydrogen-bond acceptors (Lipinski definition) is 5. The Hall–Kier alpha value is -1.90. The predicted octanol–water partition coefficient (Wildman–Crippen LogP) is 3.64. The van der Waals surface area contributed by atoms with Crippen LogP contribution in [0.5, 0.6) is 5.75 Å². The Labute approximate surface area is 148 Å². The van der Waals surface area contributed by atoms with Crippen molar-refractivity contribution in [3.05, 3.63) is 53.2 Å². The van der Waals surface area contributed by atoms with Gasteiger partial charge in [0.05, 0.1) is 16.8 Å². The van der Waals surface area contributed by atoms with Gasteiger partial charge >= 0.3 is 0 Å². The number of nitrogens with zero attached hydrogens (tertiary/aromatic N) is 2. The number of aromatic nitrogens is 1. The van der Waals surface area contributed by atoms with Crippen molar-refractivity contribution in [2.45, 2.75) is 17.7 Å². The van der Waals surface area contributed by atoms with Crippen LogP contribution in [0.2, 0.25) is 0 Å². The summed E-state index contributed by atoms with van der Waals surface area (Å²) in [5, 5.41) is 1.72. The summed E-state index contributed by atoms with van der Waals surface area (Å²) in [5.41, 5.74) is 0.906. The highest BCUT2D eigenvalue weighted by Gasteiger charge is 2.15. The molecule has 0 saturated heterocycles. The van der Waals surface area contributed by atoms with E-state index < -0.39 is 10.0 Å². The molecule has 5 nitrogen and oxygen atoms in total. The first kappa shape index (κ1) is 16.9. The van der Waals surface area contributed by atoms with Crippen molar-refractivity contribution in [2.24, 2.45) is 4.40 Å². The third-order valence-corrected chi connectivity index (χ3v) is 7.02. The van der Waals surface area contributed by atoms with E-state index >= 15 is 0 Å². The molecule has 0 aliphatic heterocycles. The Morgan fingerprint density at radius 2 is 2.21 bits per heavy atom. The van der Waals surface area contributed by atoms with Crippen LogP contribution in [0.4, 0.5) is 0 Å². The molecule has 2 heterocycles. The number of rotatable bonds is 6. The van der Waals surface area contributed by atoms with Crippen molar-refractivity contribution in [3.8, 4) is 5.75 Å². The Morgan fingerprint density at radius 1 is 1.38 bits per heavy atom. The maximum absolute atomic E-state index is 12.5. The Bertz CT molecular complexity index is 1030. The summed E-state index contributed by atoms with van der Waals surface area (Å²) in [7, 11) is -3.71. The third kappa shape index (κ3) is 3.31. The average Bonchev–Trinajstić information content (AvgIpc) is 3.17. The molecule has 0 amide bonds. The van der Waals surface area contributed by atoms with E-state index in [2.05, 4.69) is 11.0 Å². The molecular weight excluding hydrogens is 364 g/mol. The summed E-state index contributed by atoms with van der Waals surface area (Å²) < 4.78 is 37.5. The molecule has 0 unspecified atom stereocenters. The quantitative estimate of drug-likeness (QED) is 0.614. The van der Waals surface area contributed by atoms with E-state index in [1.807, 2.05) is 29.7 Å². The van der Waals surface area contributed by atoms with E-state index in [4.69, 9.17) is 4.74 Å². The SMILES string of the molecule is C=CCn1c(=NS(=O)(=O)c2cccs2)sc2cc(OCC)ccc21. The highest BCUT2D eigenvalue weighted by molar-refractivity contribution is 7.92. The molecule has 0 aliphatic carbocycles. The molecule has 3 aromatic rings. The van der Waals surface area contributed by atoms with Gasteiger partial charge < -0.3 is 9.30 Å². The van der Waals surface area contributed by atoms with E-state index in [0.29, 0.717) is 18.0 Å². The number of sulfonamides is 1. The normalized spacial score (nSPS) is 12.6. The van der Waals surface area contributed by atoms with E-state index in [1.54, 1.807) is 23.6 Å². The van der Waals surface area contributed by atoms with Crippen LogP contribution in [0.3, 0.4) is 0 Å². The maximum Gasteiger partial charge on any atom is 0.294 e. The molecule has 24 heavy (non-hydrogen) atoms. The van der Waals surface area contributed by atoms with Crippen LogP contribution < -0.4 is 9.54 Å². The van der Waals surface area contributed by atoms with Crippen LogP contribution in [-0.2, 0) is 16.6 Å². The smallest absolute Gasteiger partial charge is 0.294 e. The second-order valence-corrected chi connectivity index (χ2v) is 8.63. The molecule has 0 saturated carbocycles. The lowest BCUT2D eigenvalue weighted by Gasteiger charge is -2.04. The molecule has 0 spiro atoms. The van der Waals surface area contributed by atoms with Gasteiger partial charge in [-0.2, -0.15) is 8.42 Å². The third-order valence-electron chi connectivity index (χ3n) is 3.22. The van der Waals surface area contributed by atoms with Gasteiger partial charge in [-0.1, -0.05) is 23.5 Å². The van der Waals surface area contributed by atoms with E-state index in [-0.39, 0.29) is 4.21 Å². The molecule has 3 rings (SSSR count). The summed E-state index contributed by atoms with van der Waals surface area (Å²) in [4.78, 5) is 0.423. The van der Waals surface area contributed by atoms with Crippen LogP contribution in [0.25, 0.3) is 10.2 Å². The van der Waals surface area contributed by atoms with E-state index in [9.17, 15) is 8.42 Å². The molecular formula is C16H16N2O3S3. The fourth-order valence-electron chi connectivity index (χ4n) is 2.24. The summed E-state index contributed by atoms with van der Waals surface area (Å²) in [6.07, 6.45) is 1.72. The fourth-order valence-corrected chi connectivity index (χ4v) is 5.48. The Kier molecular flexibility index (Phi) is 4.88. The number of hydrogen-bond donors (Lipinski definition) is 0. The number of allylic oxidation sites excluding steroid dienone is 1. The van der Waals surface area contributed by atoms with Gasteiger partial charge in [-0.25, -0.2) is 0 Å². The minimum absolute atomic E-state index is 0.236. The van der Waals surface area contributed by atoms with Gasteiger partial charge in [-0.05, 0) is 36.6 Å². The lowest BCUT2D eigenvalue weighted by molar-refractivity contribution is 0.341. The summed E-state index contributed by atoms with van der Waals surface area (Å²) in [6, 6.07) is 8.94. The average molecular weight is 381 g/mol. The number of benzene rings is 1. The minimum Gasteiger partial charge on any atom is -0.494 e. The van der Waals surface area contributed by atoms with Crippen molar-refractivity contribution in [1.82, 2.24) is 4.57 Å². The highest BCUT2D eigenvalue weighted by atomic mass is 32.2. The first-order chi connectivity index (χ1) is 11.5. The second-order valence-electron chi connectivity index (χ2n) is 4.84. The monoisotopic (exact) mass is 380 g/mol. The van der Waals surface area contributed by atoms with Gasteiger partial charge in [0.1, 0.15) is 9.96 Å². The molecule has 0 bridgehead atoms. The lowest BCUT2D eigenvalue weighted by atomic mass is 10.3. The van der Waals surface area contributed by atoms with Crippen LogP contribution in [0.1, 0.15) is 6.92 Å². The summed E-state index contributed by atoms with van der Waals surface area (Å²) in [6.45, 7) is 6.72. The van der Waals surface area contributed by atoms with Crippen molar-refractivity contribution >= 4 is 42.9 Å². The summed E-state index contributed by atoms with van der Waals surface area (Å²) in [5.74, 6) is 0.754. The fraction of sp³-hybridized carbons (Fsp3) is 0.188. The van der Waals surface area contributed by atoms with Crippen molar-refractivity contribution in [2.75, 3.05) is 6.61 Å². The number of fused-ring (bicyclic) bond motifs is 1. The number of thiazole rings is 1. The molecule has 0 radical (unpaired) electrons. The zero-order valence-electron chi connectivity index (χ0n) is 13.0. The van der Waals surface area contributed by atoms with Gasteiger partial charge in [-0.15, -0.1) is 22.3 Å². The van der Waals surface area contributed by atoms with Crippen LogP contribution >= 0.6 is 22.7 Å². The van der Waals surface area contributed by atoms with Gasteiger partial charge in [0.15, 0.2) is 0 Å². The lowest BCUT2D eigenvalue weighted by Crippen LogP contribution is -2.16. The zero-order valence-corrected chi connectivity index (χ0v) is 15.5. The second kappa shape index (κ2) is 6.92. The first-order valence-corrected chi connectivity index (χ1v) is 10.4. The highest BCUT2D eigenvalue weighted by Crippen LogP contribution is 2.24. The van der Waals surface area contributed by atoms with Crippen LogP contribution in [0, 0.1) is 0 Å². The Balaban J connectivity index is 2.21. The van der Waals surface area contributed by atoms with Crippen molar-refractivity contribution in [3.63, 3.8) is 0 Å². The Morgan fingerprint density at radius 3 is 2.88 bits per heavy atom. The standard InChI is InChI=1S/C16H16N2O3S3/c1-3-9-18-13-8-7-12(21-4-2)11-14(13)23-16(18)17-24(19,20)15-6-5-10-22-15/h3,5-8,10-11H,1,4,9H2,2H3. The molecule has 0 N–H and O–H groups in total. The first-order valence-electron chi connectivity index (χ1n) is 7.26. The van der Waals surface area contributed by atoms with Gasteiger partial charge in [0.25, 0.3) is 10.0 Å². The van der Waals surface area contributed by atoms with Gasteiger partial charge in [0.2, 0.25) is 4.80 Å². The molecule has 1 aromatic carbocycles. The van der Waals surface area contributed by atoms with Crippen LogP contribution in [0.15, 0.2) is 57.0 Å². The summed E-state index contributed by atoms with van der Waals surface area (Å²) >= 11 is 2.48. The molecule has 0 aliphatic rings. The number of thiophene rings is 1. The van der Waals surface area contributed by atoms with Crippen LogP contribution in [-0.4, -0.2) is 19.6 Å². The zero-order chi connectivity index (χ0) is 17.2. The van der Waals surface area contributed by atoms with Gasteiger partial charge in [0, 0.05) is 6.54 Å². The number of ether oxygens (including phenoxy) is 1. The van der Waals surface area contributed by atoms with Gasteiger partial charge in [-0.3, -0.25) is 0 Å². The van der Waals surface area contributed by atoms with Crippen molar-refractivity contribution < 1.29 is 13.2 Å². The maximum atomic E-state index is 12.5. The minimum atomic E-state index is -3.71.